The Morgan fingerprint density at radius 2 is 1.67 bits per heavy atom. The molecule has 0 aliphatic heterocycles. The van der Waals surface area contributed by atoms with E-state index in [1.165, 1.54) is 0 Å². The molecule has 0 aliphatic rings. The summed E-state index contributed by atoms with van der Waals surface area (Å²) in [4.78, 5) is 0. The van der Waals surface area contributed by atoms with Crippen molar-refractivity contribution in [2.24, 2.45) is 0 Å². The third kappa shape index (κ3) is 3.33. The molecule has 0 saturated carbocycles. The normalized spacial score (nSPS) is 12.1. The van der Waals surface area contributed by atoms with Gasteiger partial charge in [0, 0.05) is 0 Å². The van der Waals surface area contributed by atoms with Crippen LogP contribution in [0.5, 0.6) is 0 Å². The first-order valence-corrected chi connectivity index (χ1v) is 5.76. The summed E-state index contributed by atoms with van der Waals surface area (Å²) in [5.74, 6) is 0. The Bertz CT molecular complexity index is 443. The Hall–Kier alpha value is -1.35. The lowest BCUT2D eigenvalue weighted by atomic mass is 9.76. The molecule has 18 heavy (non-hydrogen) atoms. The summed E-state index contributed by atoms with van der Waals surface area (Å²) in [5.41, 5.74) is -0.917. The molecule has 0 bridgehead atoms. The van der Waals surface area contributed by atoms with Crippen LogP contribution >= 0.6 is 0 Å². The van der Waals surface area contributed by atoms with Crippen LogP contribution in [0.1, 0.15) is 33.3 Å². The Morgan fingerprint density at radius 1 is 1.17 bits per heavy atom. The second kappa shape index (κ2) is 5.11. The van der Waals surface area contributed by atoms with Crippen molar-refractivity contribution in [3.05, 3.63) is 29.8 Å². The Balaban J connectivity index is 2.82. The lowest BCUT2D eigenvalue weighted by Crippen LogP contribution is -2.53. The van der Waals surface area contributed by atoms with Gasteiger partial charge < -0.3 is 14.8 Å². The highest BCUT2D eigenvalue weighted by Crippen LogP contribution is 2.25. The molecule has 1 rings (SSSR count). The minimum Gasteiger partial charge on any atom is -0.423 e. The van der Waals surface area contributed by atoms with E-state index < -0.39 is 18.3 Å². The number of nitriles is 1. The number of benzene rings is 1. The van der Waals surface area contributed by atoms with Crippen molar-refractivity contribution in [2.45, 2.75) is 38.9 Å². The van der Waals surface area contributed by atoms with Gasteiger partial charge in [-0.2, -0.15) is 5.26 Å². The SMILES string of the molecule is CC(C)(O)C(C)(C)OB(O)c1ccc(C#N)cc1. The summed E-state index contributed by atoms with van der Waals surface area (Å²) in [6.45, 7) is 6.66. The minimum atomic E-state index is -1.14. The van der Waals surface area contributed by atoms with E-state index in [0.717, 1.165) is 0 Å². The molecule has 0 aromatic heterocycles. The number of hydrogen-bond acceptors (Lipinski definition) is 4. The van der Waals surface area contributed by atoms with Crippen molar-refractivity contribution in [3.63, 3.8) is 0 Å². The molecule has 1 aromatic rings. The molecule has 2 N–H and O–H groups in total. The van der Waals surface area contributed by atoms with Crippen LogP contribution in [-0.4, -0.2) is 28.5 Å². The van der Waals surface area contributed by atoms with Crippen LogP contribution in [0.2, 0.25) is 0 Å². The minimum absolute atomic E-state index is 0.521. The molecule has 0 amide bonds. The van der Waals surface area contributed by atoms with Crippen molar-refractivity contribution in [2.75, 3.05) is 0 Å². The molecule has 0 fully saturated rings. The van der Waals surface area contributed by atoms with E-state index in [1.807, 2.05) is 6.07 Å². The molecule has 0 unspecified atom stereocenters. The Morgan fingerprint density at radius 3 is 2.06 bits per heavy atom. The van der Waals surface area contributed by atoms with Crippen molar-refractivity contribution < 1.29 is 14.8 Å². The summed E-state index contributed by atoms with van der Waals surface area (Å²) >= 11 is 0. The average molecular weight is 247 g/mol. The van der Waals surface area contributed by atoms with E-state index in [9.17, 15) is 10.1 Å². The van der Waals surface area contributed by atoms with Gasteiger partial charge in [-0.05, 0) is 45.3 Å². The molecule has 0 spiro atoms. The second-order valence-corrected chi connectivity index (χ2v) is 5.27. The summed E-state index contributed by atoms with van der Waals surface area (Å²) in [6.07, 6.45) is 0. The van der Waals surface area contributed by atoms with E-state index in [4.69, 9.17) is 9.92 Å². The number of rotatable bonds is 4. The topological polar surface area (TPSA) is 73.5 Å². The lowest BCUT2D eigenvalue weighted by Gasteiger charge is -2.38. The Kier molecular flexibility index (Phi) is 4.18. The van der Waals surface area contributed by atoms with Crippen LogP contribution < -0.4 is 5.46 Å². The fourth-order valence-corrected chi connectivity index (χ4v) is 1.21. The van der Waals surface area contributed by atoms with Gasteiger partial charge in [0.05, 0.1) is 22.8 Å². The molecular weight excluding hydrogens is 229 g/mol. The quantitative estimate of drug-likeness (QED) is 0.772. The van der Waals surface area contributed by atoms with Gasteiger partial charge in [-0.1, -0.05) is 12.1 Å². The van der Waals surface area contributed by atoms with Crippen LogP contribution in [0.25, 0.3) is 0 Å². The van der Waals surface area contributed by atoms with E-state index in [1.54, 1.807) is 52.0 Å². The van der Waals surface area contributed by atoms with Crippen molar-refractivity contribution in [1.29, 1.82) is 5.26 Å². The predicted molar refractivity (Wildman–Crippen MR) is 70.2 cm³/mol. The van der Waals surface area contributed by atoms with Gasteiger partial charge in [0.1, 0.15) is 0 Å². The highest BCUT2D eigenvalue weighted by molar-refractivity contribution is 6.60. The maximum Gasteiger partial charge on any atom is 0.491 e. The van der Waals surface area contributed by atoms with Gasteiger partial charge in [-0.3, -0.25) is 0 Å². The smallest absolute Gasteiger partial charge is 0.423 e. The van der Waals surface area contributed by atoms with E-state index in [-0.39, 0.29) is 0 Å². The third-order valence-electron chi connectivity index (χ3n) is 3.20. The standard InChI is InChI=1S/C13H18BNO3/c1-12(2,16)13(3,4)18-14(17)11-7-5-10(9-15)6-8-11/h5-8,16-17H,1-4H3. The molecule has 0 atom stereocenters. The van der Waals surface area contributed by atoms with Gasteiger partial charge >= 0.3 is 7.12 Å². The van der Waals surface area contributed by atoms with E-state index >= 15 is 0 Å². The molecular formula is C13H18BNO3. The van der Waals surface area contributed by atoms with E-state index in [0.29, 0.717) is 11.0 Å². The fraction of sp³-hybridized carbons (Fsp3) is 0.462. The highest BCUT2D eigenvalue weighted by Gasteiger charge is 2.39. The predicted octanol–water partition coefficient (Wildman–Crippen LogP) is 0.812. The molecule has 96 valence electrons. The van der Waals surface area contributed by atoms with Gasteiger partial charge in [0.15, 0.2) is 0 Å². The highest BCUT2D eigenvalue weighted by atomic mass is 16.5. The van der Waals surface area contributed by atoms with Crippen molar-refractivity contribution in [1.82, 2.24) is 0 Å². The number of nitrogens with zero attached hydrogens (tertiary/aromatic N) is 1. The molecule has 0 radical (unpaired) electrons. The largest absolute Gasteiger partial charge is 0.491 e. The van der Waals surface area contributed by atoms with Gasteiger partial charge in [-0.15, -0.1) is 0 Å². The van der Waals surface area contributed by atoms with Crippen molar-refractivity contribution >= 4 is 12.6 Å². The molecule has 0 aliphatic carbocycles. The second-order valence-electron chi connectivity index (χ2n) is 5.27. The van der Waals surface area contributed by atoms with Crippen molar-refractivity contribution in [3.8, 4) is 6.07 Å². The van der Waals surface area contributed by atoms with Gasteiger partial charge in [-0.25, -0.2) is 0 Å². The maximum absolute atomic E-state index is 9.97. The fourth-order valence-electron chi connectivity index (χ4n) is 1.21. The first kappa shape index (κ1) is 14.7. The molecule has 5 heteroatoms. The summed E-state index contributed by atoms with van der Waals surface area (Å²) in [7, 11) is -1.14. The van der Waals surface area contributed by atoms with Crippen LogP contribution in [0.15, 0.2) is 24.3 Å². The molecule has 4 nitrogen and oxygen atoms in total. The maximum atomic E-state index is 9.97. The van der Waals surface area contributed by atoms with Gasteiger partial charge in [0.25, 0.3) is 0 Å². The summed E-state index contributed by atoms with van der Waals surface area (Å²) < 4.78 is 5.48. The van der Waals surface area contributed by atoms with E-state index in [2.05, 4.69) is 0 Å². The van der Waals surface area contributed by atoms with Crippen LogP contribution in [0.4, 0.5) is 0 Å². The molecule has 0 heterocycles. The van der Waals surface area contributed by atoms with Crippen LogP contribution in [0.3, 0.4) is 0 Å². The zero-order valence-corrected chi connectivity index (χ0v) is 11.1. The zero-order chi connectivity index (χ0) is 14.0. The number of hydrogen-bond donors (Lipinski definition) is 2. The summed E-state index contributed by atoms with van der Waals surface area (Å²) in [5, 5.41) is 28.6. The third-order valence-corrected chi connectivity index (χ3v) is 3.20. The average Bonchev–Trinajstić information content (AvgIpc) is 2.27. The van der Waals surface area contributed by atoms with Crippen LogP contribution in [0, 0.1) is 11.3 Å². The number of aliphatic hydroxyl groups is 1. The molecule has 1 aromatic carbocycles. The first-order valence-electron chi connectivity index (χ1n) is 5.76. The first-order chi connectivity index (χ1) is 8.17. The zero-order valence-electron chi connectivity index (χ0n) is 11.1. The monoisotopic (exact) mass is 247 g/mol. The summed E-state index contributed by atoms with van der Waals surface area (Å²) in [6, 6.07) is 8.48. The lowest BCUT2D eigenvalue weighted by molar-refractivity contribution is -0.0982. The molecule has 0 saturated heterocycles. The van der Waals surface area contributed by atoms with Gasteiger partial charge in [0.2, 0.25) is 0 Å². The van der Waals surface area contributed by atoms with Crippen LogP contribution in [-0.2, 0) is 4.65 Å². The Labute approximate surface area is 108 Å².